The van der Waals surface area contributed by atoms with Crippen molar-refractivity contribution < 1.29 is 14.8 Å². The molecule has 2 heterocycles. The van der Waals surface area contributed by atoms with E-state index < -0.39 is 11.8 Å². The summed E-state index contributed by atoms with van der Waals surface area (Å²) in [6, 6.07) is 12.5. The number of para-hydroxylation sites is 1. The first-order valence-corrected chi connectivity index (χ1v) is 10.9. The molecule has 0 saturated carbocycles. The van der Waals surface area contributed by atoms with Crippen molar-refractivity contribution in [3.05, 3.63) is 64.4 Å². The standard InChI is InChI=1S/C22H21N5O4S/c28-19(24-31)11-2-1-5-12-27-13-15(21(29)14-7-3-4-10-18(14)27)22(30)23-16-8-6-9-17-20(16)26-32-25-17/h3-4,6-10,13,31H,1-2,5,11-12H2,(H,23,30)(H,24,28). The number of aryl methyl sites for hydroxylation is 1. The van der Waals surface area contributed by atoms with Crippen LogP contribution in [0.4, 0.5) is 5.69 Å². The number of hydrogen-bond acceptors (Lipinski definition) is 7. The maximum Gasteiger partial charge on any atom is 0.261 e. The van der Waals surface area contributed by atoms with E-state index in [1.54, 1.807) is 35.9 Å². The van der Waals surface area contributed by atoms with Crippen molar-refractivity contribution in [1.82, 2.24) is 18.8 Å². The Bertz CT molecular complexity index is 1350. The number of unbranched alkanes of at least 4 members (excludes halogenated alkanes) is 2. The van der Waals surface area contributed by atoms with Crippen molar-refractivity contribution in [2.24, 2.45) is 0 Å². The summed E-state index contributed by atoms with van der Waals surface area (Å²) in [4.78, 5) is 37.2. The highest BCUT2D eigenvalue weighted by Gasteiger charge is 2.17. The van der Waals surface area contributed by atoms with Gasteiger partial charge in [-0.25, -0.2) is 5.48 Å². The Kier molecular flexibility index (Phi) is 6.52. The fourth-order valence-corrected chi connectivity index (χ4v) is 4.14. The summed E-state index contributed by atoms with van der Waals surface area (Å²) in [5.41, 5.74) is 3.84. The Morgan fingerprint density at radius 1 is 1.03 bits per heavy atom. The van der Waals surface area contributed by atoms with Crippen molar-refractivity contribution in [2.75, 3.05) is 5.32 Å². The molecule has 0 spiro atoms. The SMILES string of the molecule is O=C(CCCCCn1cc(C(=O)Nc2cccc3nsnc23)c(=O)c2ccccc21)NO. The quantitative estimate of drug-likeness (QED) is 0.214. The summed E-state index contributed by atoms with van der Waals surface area (Å²) in [7, 11) is 0. The Hall–Kier alpha value is -3.63. The van der Waals surface area contributed by atoms with Crippen LogP contribution in [0.1, 0.15) is 36.0 Å². The monoisotopic (exact) mass is 451 g/mol. The number of anilines is 1. The van der Waals surface area contributed by atoms with Gasteiger partial charge in [0.1, 0.15) is 16.6 Å². The van der Waals surface area contributed by atoms with E-state index in [9.17, 15) is 14.4 Å². The summed E-state index contributed by atoms with van der Waals surface area (Å²) in [6.07, 6.45) is 3.96. The summed E-state index contributed by atoms with van der Waals surface area (Å²) in [5, 5.41) is 11.8. The van der Waals surface area contributed by atoms with Crippen molar-refractivity contribution in [2.45, 2.75) is 32.2 Å². The molecule has 0 aliphatic heterocycles. The average molecular weight is 452 g/mol. The zero-order valence-electron chi connectivity index (χ0n) is 17.1. The molecule has 2 aromatic carbocycles. The number of nitrogens with one attached hydrogen (secondary N) is 2. The molecule has 0 atom stereocenters. The van der Waals surface area contributed by atoms with Crippen LogP contribution >= 0.6 is 11.7 Å². The van der Waals surface area contributed by atoms with Crippen LogP contribution in [-0.2, 0) is 11.3 Å². The Morgan fingerprint density at radius 2 is 1.88 bits per heavy atom. The molecule has 0 aliphatic rings. The molecule has 0 radical (unpaired) electrons. The van der Waals surface area contributed by atoms with E-state index in [0.717, 1.165) is 30.1 Å². The second-order valence-corrected chi connectivity index (χ2v) is 7.85. The van der Waals surface area contributed by atoms with Gasteiger partial charge in [-0.05, 0) is 37.1 Å². The highest BCUT2D eigenvalue weighted by Crippen LogP contribution is 2.22. The number of hydrogen-bond donors (Lipinski definition) is 3. The van der Waals surface area contributed by atoms with Gasteiger partial charge in [0.25, 0.3) is 5.91 Å². The molecule has 2 amide bonds. The molecule has 9 nitrogen and oxygen atoms in total. The summed E-state index contributed by atoms with van der Waals surface area (Å²) < 4.78 is 10.3. The molecule has 32 heavy (non-hydrogen) atoms. The van der Waals surface area contributed by atoms with Crippen LogP contribution in [0.2, 0.25) is 0 Å². The number of amides is 2. The van der Waals surface area contributed by atoms with E-state index in [1.807, 2.05) is 22.8 Å². The first-order valence-electron chi connectivity index (χ1n) is 10.2. The van der Waals surface area contributed by atoms with E-state index in [4.69, 9.17) is 5.21 Å². The number of carbonyl (C=O) groups is 2. The number of aromatic nitrogens is 3. The highest BCUT2D eigenvalue weighted by molar-refractivity contribution is 7.00. The minimum atomic E-state index is -0.505. The molecule has 0 unspecified atom stereocenters. The molecule has 3 N–H and O–H groups in total. The third kappa shape index (κ3) is 4.51. The lowest BCUT2D eigenvalue weighted by atomic mass is 10.1. The largest absolute Gasteiger partial charge is 0.346 e. The maximum atomic E-state index is 13.0. The van der Waals surface area contributed by atoms with Crippen molar-refractivity contribution in [3.8, 4) is 0 Å². The van der Waals surface area contributed by atoms with Crippen LogP contribution < -0.4 is 16.2 Å². The molecule has 4 aromatic rings. The number of rotatable bonds is 8. The zero-order chi connectivity index (χ0) is 22.5. The first-order chi connectivity index (χ1) is 15.6. The van der Waals surface area contributed by atoms with Gasteiger partial charge in [-0.15, -0.1) is 0 Å². The lowest BCUT2D eigenvalue weighted by Gasteiger charge is -2.14. The molecule has 4 rings (SSSR count). The van der Waals surface area contributed by atoms with Gasteiger partial charge in [-0.2, -0.15) is 8.75 Å². The summed E-state index contributed by atoms with van der Waals surface area (Å²) >= 11 is 1.06. The highest BCUT2D eigenvalue weighted by atomic mass is 32.1. The van der Waals surface area contributed by atoms with Crippen LogP contribution in [-0.4, -0.2) is 30.3 Å². The Morgan fingerprint density at radius 3 is 2.72 bits per heavy atom. The first kappa shape index (κ1) is 21.6. The molecule has 0 saturated heterocycles. The van der Waals surface area contributed by atoms with Gasteiger partial charge in [-0.3, -0.25) is 19.6 Å². The smallest absolute Gasteiger partial charge is 0.261 e. The van der Waals surface area contributed by atoms with E-state index >= 15 is 0 Å². The Balaban J connectivity index is 1.59. The molecule has 0 bridgehead atoms. The summed E-state index contributed by atoms with van der Waals surface area (Å²) in [5.74, 6) is -0.919. The number of fused-ring (bicyclic) bond motifs is 2. The van der Waals surface area contributed by atoms with Gasteiger partial charge in [-0.1, -0.05) is 24.6 Å². The van der Waals surface area contributed by atoms with E-state index in [2.05, 4.69) is 14.1 Å². The lowest BCUT2D eigenvalue weighted by Crippen LogP contribution is -2.24. The number of nitrogens with zero attached hydrogens (tertiary/aromatic N) is 3. The molecule has 0 fully saturated rings. The third-order valence-electron chi connectivity index (χ3n) is 5.19. The van der Waals surface area contributed by atoms with Crippen molar-refractivity contribution >= 4 is 51.2 Å². The van der Waals surface area contributed by atoms with Crippen LogP contribution in [0.25, 0.3) is 21.9 Å². The predicted octanol–water partition coefficient (Wildman–Crippen LogP) is 3.32. The minimum Gasteiger partial charge on any atom is -0.346 e. The number of pyridine rings is 1. The van der Waals surface area contributed by atoms with Crippen LogP contribution in [0.5, 0.6) is 0 Å². The molecular formula is C22H21N5O4S. The topological polar surface area (TPSA) is 126 Å². The van der Waals surface area contributed by atoms with Crippen molar-refractivity contribution in [1.29, 1.82) is 0 Å². The van der Waals surface area contributed by atoms with Gasteiger partial charge in [0.15, 0.2) is 0 Å². The van der Waals surface area contributed by atoms with Gasteiger partial charge in [0.05, 0.1) is 22.9 Å². The number of hydroxylamine groups is 1. The molecule has 164 valence electrons. The van der Waals surface area contributed by atoms with Gasteiger partial charge < -0.3 is 9.88 Å². The maximum absolute atomic E-state index is 13.0. The molecular weight excluding hydrogens is 430 g/mol. The average Bonchev–Trinajstić information content (AvgIpc) is 3.30. The van der Waals surface area contributed by atoms with Gasteiger partial charge >= 0.3 is 0 Å². The Labute approximate surface area is 187 Å². The van der Waals surface area contributed by atoms with Crippen molar-refractivity contribution in [3.63, 3.8) is 0 Å². The molecule has 2 aromatic heterocycles. The van der Waals surface area contributed by atoms with E-state index in [-0.39, 0.29) is 17.4 Å². The number of carbonyl (C=O) groups excluding carboxylic acids is 2. The van der Waals surface area contributed by atoms with E-state index in [0.29, 0.717) is 35.1 Å². The minimum absolute atomic E-state index is 0.0450. The fourth-order valence-electron chi connectivity index (χ4n) is 3.59. The fraction of sp³-hybridized carbons (Fsp3) is 0.227. The van der Waals surface area contributed by atoms with Crippen LogP contribution in [0, 0.1) is 0 Å². The lowest BCUT2D eigenvalue weighted by molar-refractivity contribution is -0.129. The molecule has 0 aliphatic carbocycles. The third-order valence-corrected chi connectivity index (χ3v) is 5.74. The number of benzene rings is 2. The summed E-state index contributed by atoms with van der Waals surface area (Å²) in [6.45, 7) is 0.577. The molecule has 10 heteroatoms. The normalized spacial score (nSPS) is 11.0. The van der Waals surface area contributed by atoms with Gasteiger partial charge in [0, 0.05) is 24.5 Å². The van der Waals surface area contributed by atoms with Crippen LogP contribution in [0.15, 0.2) is 53.5 Å². The second kappa shape index (κ2) is 9.67. The second-order valence-electron chi connectivity index (χ2n) is 7.32. The predicted molar refractivity (Wildman–Crippen MR) is 122 cm³/mol. The van der Waals surface area contributed by atoms with Crippen LogP contribution in [0.3, 0.4) is 0 Å². The van der Waals surface area contributed by atoms with Gasteiger partial charge in [0.2, 0.25) is 11.3 Å². The zero-order valence-corrected chi connectivity index (χ0v) is 17.9. The van der Waals surface area contributed by atoms with E-state index in [1.165, 1.54) is 0 Å².